The fraction of sp³-hybridized carbons (Fsp3) is 1.00. The van der Waals surface area contributed by atoms with Crippen LogP contribution in [0.15, 0.2) is 0 Å². The van der Waals surface area contributed by atoms with Crippen molar-refractivity contribution >= 4 is 0 Å². The van der Waals surface area contributed by atoms with Gasteiger partial charge in [-0.05, 0) is 25.7 Å². The molecule has 0 aromatic rings. The van der Waals surface area contributed by atoms with E-state index in [1.165, 1.54) is 0 Å². The lowest BCUT2D eigenvalue weighted by Gasteiger charge is -2.50. The zero-order valence-electron chi connectivity index (χ0n) is 10.3. The molecule has 1 aliphatic rings. The molecular weight excluding hydrogens is 200 g/mol. The predicted molar refractivity (Wildman–Crippen MR) is 71.8 cm³/mol. The summed E-state index contributed by atoms with van der Waals surface area (Å²) < 4.78 is 11.3. The maximum atomic E-state index is 5.96. The first-order chi connectivity index (χ1) is 6.43. The summed E-state index contributed by atoms with van der Waals surface area (Å²) in [6.07, 6.45) is 0.647. The molecule has 0 aromatic heterocycles. The second-order valence-electron chi connectivity index (χ2n) is 5.07. The van der Waals surface area contributed by atoms with Gasteiger partial charge in [-0.2, -0.15) is 0 Å². The SMILES string of the molecule is C.C.COC[C@]1(C)C(C)OC(C)C(C)C1C. The lowest BCUT2D eigenvalue weighted by molar-refractivity contribution is -0.182. The largest absolute Gasteiger partial charge is 0.384 e. The Bertz CT molecular complexity index is 193. The highest BCUT2D eigenvalue weighted by atomic mass is 16.5. The molecule has 1 rings (SSSR count). The molecule has 1 aliphatic heterocycles. The quantitative estimate of drug-likeness (QED) is 0.716. The molecule has 0 aliphatic carbocycles. The third kappa shape index (κ3) is 2.98. The molecule has 5 atom stereocenters. The van der Waals surface area contributed by atoms with Crippen LogP contribution in [0.25, 0.3) is 0 Å². The van der Waals surface area contributed by atoms with Crippen molar-refractivity contribution in [3.8, 4) is 0 Å². The minimum absolute atomic E-state index is 0. The molecule has 0 N–H and O–H groups in total. The zero-order valence-corrected chi connectivity index (χ0v) is 10.3. The van der Waals surface area contributed by atoms with Crippen molar-refractivity contribution in [1.29, 1.82) is 0 Å². The van der Waals surface area contributed by atoms with Gasteiger partial charge >= 0.3 is 0 Å². The van der Waals surface area contributed by atoms with E-state index in [1.807, 2.05) is 0 Å². The van der Waals surface area contributed by atoms with Gasteiger partial charge in [-0.1, -0.05) is 35.6 Å². The van der Waals surface area contributed by atoms with Gasteiger partial charge in [-0.15, -0.1) is 0 Å². The third-order valence-electron chi connectivity index (χ3n) is 4.37. The molecule has 0 spiro atoms. The van der Waals surface area contributed by atoms with Gasteiger partial charge in [0.1, 0.15) is 0 Å². The Kier molecular flexibility index (Phi) is 7.55. The molecule has 2 heteroatoms. The van der Waals surface area contributed by atoms with Crippen LogP contribution in [0.5, 0.6) is 0 Å². The molecule has 0 saturated carbocycles. The molecule has 100 valence electrons. The topological polar surface area (TPSA) is 18.5 Å². The molecule has 4 unspecified atom stereocenters. The van der Waals surface area contributed by atoms with Crippen LogP contribution < -0.4 is 0 Å². The van der Waals surface area contributed by atoms with Crippen LogP contribution in [0.2, 0.25) is 0 Å². The Morgan fingerprint density at radius 2 is 1.62 bits per heavy atom. The molecule has 1 saturated heterocycles. The smallest absolute Gasteiger partial charge is 0.0629 e. The molecule has 0 aromatic carbocycles. The van der Waals surface area contributed by atoms with Crippen molar-refractivity contribution in [1.82, 2.24) is 0 Å². The third-order valence-corrected chi connectivity index (χ3v) is 4.37. The van der Waals surface area contributed by atoms with Crippen LogP contribution in [0.3, 0.4) is 0 Å². The summed E-state index contributed by atoms with van der Waals surface area (Å²) in [5.41, 5.74) is 0.153. The van der Waals surface area contributed by atoms with Gasteiger partial charge in [0.05, 0.1) is 18.8 Å². The zero-order chi connectivity index (χ0) is 10.9. The van der Waals surface area contributed by atoms with E-state index < -0.39 is 0 Å². The van der Waals surface area contributed by atoms with Crippen LogP contribution in [-0.4, -0.2) is 25.9 Å². The van der Waals surface area contributed by atoms with Crippen molar-refractivity contribution in [3.63, 3.8) is 0 Å². The number of hydrogen-bond donors (Lipinski definition) is 0. The monoisotopic (exact) mass is 232 g/mol. The summed E-state index contributed by atoms with van der Waals surface area (Å²) in [5, 5.41) is 0. The summed E-state index contributed by atoms with van der Waals surface area (Å²) in [4.78, 5) is 0. The van der Waals surface area contributed by atoms with Crippen molar-refractivity contribution in [2.24, 2.45) is 17.3 Å². The van der Waals surface area contributed by atoms with Crippen molar-refractivity contribution < 1.29 is 9.47 Å². The van der Waals surface area contributed by atoms with E-state index >= 15 is 0 Å². The number of hydrogen-bond acceptors (Lipinski definition) is 2. The lowest BCUT2D eigenvalue weighted by atomic mass is 9.66. The molecule has 1 heterocycles. The van der Waals surface area contributed by atoms with E-state index in [4.69, 9.17) is 9.47 Å². The van der Waals surface area contributed by atoms with Crippen LogP contribution in [0.1, 0.15) is 49.5 Å². The summed E-state index contributed by atoms with van der Waals surface area (Å²) in [7, 11) is 1.77. The Labute approximate surface area is 103 Å². The average Bonchev–Trinajstić information content (AvgIpc) is 2.13. The Hall–Kier alpha value is -0.0800. The van der Waals surface area contributed by atoms with E-state index in [0.717, 1.165) is 6.61 Å². The van der Waals surface area contributed by atoms with E-state index in [1.54, 1.807) is 7.11 Å². The summed E-state index contributed by atoms with van der Waals surface area (Å²) in [5.74, 6) is 1.24. The highest BCUT2D eigenvalue weighted by Gasteiger charge is 2.46. The summed E-state index contributed by atoms with van der Waals surface area (Å²) in [6.45, 7) is 12.0. The van der Waals surface area contributed by atoms with Gasteiger partial charge in [0, 0.05) is 12.5 Å². The van der Waals surface area contributed by atoms with Crippen LogP contribution in [0, 0.1) is 17.3 Å². The van der Waals surface area contributed by atoms with Crippen LogP contribution in [-0.2, 0) is 9.47 Å². The minimum Gasteiger partial charge on any atom is -0.384 e. The van der Waals surface area contributed by atoms with Gasteiger partial charge in [0.25, 0.3) is 0 Å². The molecule has 0 radical (unpaired) electrons. The average molecular weight is 232 g/mol. The van der Waals surface area contributed by atoms with Crippen molar-refractivity contribution in [2.45, 2.75) is 61.7 Å². The van der Waals surface area contributed by atoms with Gasteiger partial charge in [0.15, 0.2) is 0 Å². The predicted octanol–water partition coefficient (Wildman–Crippen LogP) is 3.99. The highest BCUT2D eigenvalue weighted by molar-refractivity contribution is 4.93. The Balaban J connectivity index is 0. The van der Waals surface area contributed by atoms with Gasteiger partial charge in [-0.3, -0.25) is 0 Å². The summed E-state index contributed by atoms with van der Waals surface area (Å²) >= 11 is 0. The summed E-state index contributed by atoms with van der Waals surface area (Å²) in [6, 6.07) is 0. The van der Waals surface area contributed by atoms with Crippen LogP contribution >= 0.6 is 0 Å². The molecule has 0 amide bonds. The van der Waals surface area contributed by atoms with Gasteiger partial charge < -0.3 is 9.47 Å². The minimum atomic E-state index is 0. The first kappa shape index (κ1) is 18.3. The van der Waals surface area contributed by atoms with E-state index in [9.17, 15) is 0 Å². The second kappa shape index (κ2) is 6.61. The van der Waals surface area contributed by atoms with Crippen molar-refractivity contribution in [2.75, 3.05) is 13.7 Å². The standard InChI is InChI=1S/C12H24O2.2CH4/c1-8-9(2)12(5,7-13-6)11(4)14-10(8)3;;/h8-11H,7H2,1-6H3;2*1H4/t8?,9?,10?,11?,12-;;/m0../s1. The van der Waals surface area contributed by atoms with Gasteiger partial charge in [-0.25, -0.2) is 0 Å². The Morgan fingerprint density at radius 1 is 1.12 bits per heavy atom. The number of rotatable bonds is 2. The molecule has 0 bridgehead atoms. The first-order valence-electron chi connectivity index (χ1n) is 5.58. The van der Waals surface area contributed by atoms with E-state index in [2.05, 4.69) is 34.6 Å². The normalized spacial score (nSPS) is 43.1. The maximum Gasteiger partial charge on any atom is 0.0629 e. The fourth-order valence-corrected chi connectivity index (χ4v) is 2.54. The maximum absolute atomic E-state index is 5.96. The van der Waals surface area contributed by atoms with Gasteiger partial charge in [0.2, 0.25) is 0 Å². The van der Waals surface area contributed by atoms with E-state index in [0.29, 0.717) is 17.9 Å². The highest BCUT2D eigenvalue weighted by Crippen LogP contribution is 2.44. The molecule has 2 nitrogen and oxygen atoms in total. The first-order valence-corrected chi connectivity index (χ1v) is 5.58. The fourth-order valence-electron chi connectivity index (χ4n) is 2.54. The second-order valence-corrected chi connectivity index (χ2v) is 5.07. The molecule has 16 heavy (non-hydrogen) atoms. The molecule has 1 fully saturated rings. The number of methoxy groups -OCH3 is 1. The van der Waals surface area contributed by atoms with Crippen LogP contribution in [0.4, 0.5) is 0 Å². The van der Waals surface area contributed by atoms with Crippen molar-refractivity contribution in [3.05, 3.63) is 0 Å². The van der Waals surface area contributed by atoms with E-state index in [-0.39, 0.29) is 26.4 Å². The Morgan fingerprint density at radius 3 is 2.06 bits per heavy atom. The number of ether oxygens (including phenoxy) is 2. The molecular formula is C14H32O2. The lowest BCUT2D eigenvalue weighted by Crippen LogP contribution is -2.52.